The first-order valence-electron chi connectivity index (χ1n) is 12.1. The molecule has 37 heavy (non-hydrogen) atoms. The molecule has 4 amide bonds. The minimum Gasteiger partial charge on any atom is -0.357 e. The Bertz CT molecular complexity index is 1340. The van der Waals surface area contributed by atoms with Crippen molar-refractivity contribution in [2.75, 3.05) is 18.4 Å². The summed E-state index contributed by atoms with van der Waals surface area (Å²) in [5.41, 5.74) is 5.76. The topological polar surface area (TPSA) is 175 Å². The lowest BCUT2D eigenvalue weighted by Gasteiger charge is -2.30. The van der Waals surface area contributed by atoms with Crippen LogP contribution in [0.1, 0.15) is 58.2 Å². The Labute approximate surface area is 213 Å². The van der Waals surface area contributed by atoms with E-state index >= 15 is 0 Å². The van der Waals surface area contributed by atoms with Crippen molar-refractivity contribution in [2.45, 2.75) is 39.7 Å². The summed E-state index contributed by atoms with van der Waals surface area (Å²) in [6.07, 6.45) is 4.18. The predicted molar refractivity (Wildman–Crippen MR) is 136 cm³/mol. The highest BCUT2D eigenvalue weighted by Crippen LogP contribution is 2.24. The molecule has 1 aromatic carbocycles. The molecule has 1 aliphatic heterocycles. The second-order valence-electron chi connectivity index (χ2n) is 8.96. The Morgan fingerprint density at radius 3 is 2.62 bits per heavy atom. The number of hydrogen-bond acceptors (Lipinski definition) is 7. The summed E-state index contributed by atoms with van der Waals surface area (Å²) >= 11 is 0. The fourth-order valence-corrected chi connectivity index (χ4v) is 4.33. The Morgan fingerprint density at radius 2 is 1.92 bits per heavy atom. The molecule has 2 aromatic heterocycles. The number of benzene rings is 1. The number of hydrogen-bond donors (Lipinski definition) is 5. The number of anilines is 1. The van der Waals surface area contributed by atoms with Crippen LogP contribution in [-0.4, -0.2) is 56.6 Å². The summed E-state index contributed by atoms with van der Waals surface area (Å²) in [5, 5.41) is 5.70. The molecule has 0 saturated carbocycles. The van der Waals surface area contributed by atoms with Crippen LogP contribution in [0.25, 0.3) is 11.0 Å². The fourth-order valence-electron chi connectivity index (χ4n) is 4.33. The number of aromatic amines is 1. The molecular formula is C25H30N8O4. The molecule has 6 N–H and O–H groups in total. The van der Waals surface area contributed by atoms with Crippen LogP contribution in [0.3, 0.4) is 0 Å². The minimum atomic E-state index is -0.429. The average molecular weight is 507 g/mol. The third-order valence-corrected chi connectivity index (χ3v) is 6.55. The van der Waals surface area contributed by atoms with E-state index in [2.05, 4.69) is 31.0 Å². The van der Waals surface area contributed by atoms with E-state index in [1.165, 1.54) is 12.5 Å². The number of rotatable bonds is 7. The van der Waals surface area contributed by atoms with Gasteiger partial charge in [-0.25, -0.2) is 15.8 Å². The van der Waals surface area contributed by atoms with Crippen molar-refractivity contribution in [1.29, 1.82) is 0 Å². The van der Waals surface area contributed by atoms with Crippen LogP contribution in [0.15, 0.2) is 30.7 Å². The number of nitrogens with zero attached hydrogens (tertiary/aromatic N) is 3. The van der Waals surface area contributed by atoms with Crippen molar-refractivity contribution >= 4 is 40.3 Å². The third-order valence-electron chi connectivity index (χ3n) is 6.55. The number of nitrogens with two attached hydrogens (primary N) is 1. The molecule has 12 nitrogen and oxygen atoms in total. The SMILES string of the molecule is CCC(=O)Nc1cc(CNC(=O)c2ncnc3c(C(=O)N4CCC(C(=O)NN)CC4)c[nH]c23)ccc1C. The second kappa shape index (κ2) is 11.2. The third kappa shape index (κ3) is 5.59. The van der Waals surface area contributed by atoms with E-state index in [4.69, 9.17) is 5.84 Å². The largest absolute Gasteiger partial charge is 0.357 e. The van der Waals surface area contributed by atoms with Crippen molar-refractivity contribution < 1.29 is 19.2 Å². The quantitative estimate of drug-likeness (QED) is 0.183. The van der Waals surface area contributed by atoms with E-state index < -0.39 is 5.91 Å². The van der Waals surface area contributed by atoms with Gasteiger partial charge >= 0.3 is 0 Å². The van der Waals surface area contributed by atoms with Crippen LogP contribution in [0.2, 0.25) is 0 Å². The van der Waals surface area contributed by atoms with Crippen LogP contribution in [-0.2, 0) is 16.1 Å². The van der Waals surface area contributed by atoms with Gasteiger partial charge in [0.1, 0.15) is 11.8 Å². The number of carbonyl (C=O) groups excluding carboxylic acids is 4. The number of fused-ring (bicyclic) bond motifs is 1. The van der Waals surface area contributed by atoms with Crippen molar-refractivity contribution in [2.24, 2.45) is 11.8 Å². The Kier molecular flexibility index (Phi) is 7.77. The number of piperidine rings is 1. The van der Waals surface area contributed by atoms with E-state index in [9.17, 15) is 19.2 Å². The molecule has 1 aliphatic rings. The van der Waals surface area contributed by atoms with Crippen molar-refractivity contribution in [3.05, 3.63) is 53.1 Å². The van der Waals surface area contributed by atoms with Crippen molar-refractivity contribution in [3.63, 3.8) is 0 Å². The number of nitrogens with one attached hydrogen (secondary N) is 4. The number of likely N-dealkylation sites (tertiary alicyclic amines) is 1. The zero-order chi connectivity index (χ0) is 26.5. The standard InChI is InChI=1S/C25H30N8O4/c1-3-19(34)31-18-10-15(5-4-14(18)2)11-28-24(36)22-21-20(29-13-30-22)17(12-27-21)25(37)33-8-6-16(7-9-33)23(35)32-26/h4-5,10,12-13,16,27H,3,6-9,11,26H2,1-2H3,(H,28,36)(H,31,34)(H,32,35). The van der Waals surface area contributed by atoms with Gasteiger partial charge in [0.25, 0.3) is 11.8 Å². The highest BCUT2D eigenvalue weighted by Gasteiger charge is 2.29. The summed E-state index contributed by atoms with van der Waals surface area (Å²) in [7, 11) is 0. The molecule has 1 saturated heterocycles. The van der Waals surface area contributed by atoms with Gasteiger partial charge in [0.2, 0.25) is 11.8 Å². The second-order valence-corrected chi connectivity index (χ2v) is 8.96. The first kappa shape index (κ1) is 25.8. The summed E-state index contributed by atoms with van der Waals surface area (Å²) in [6, 6.07) is 5.58. The first-order chi connectivity index (χ1) is 17.8. The van der Waals surface area contributed by atoms with Gasteiger partial charge in [0.15, 0.2) is 5.69 Å². The minimum absolute atomic E-state index is 0.0878. The zero-order valence-electron chi connectivity index (χ0n) is 20.8. The smallest absolute Gasteiger partial charge is 0.272 e. The fraction of sp³-hybridized carbons (Fsp3) is 0.360. The highest BCUT2D eigenvalue weighted by molar-refractivity contribution is 6.10. The van der Waals surface area contributed by atoms with Crippen LogP contribution in [0.4, 0.5) is 5.69 Å². The van der Waals surface area contributed by atoms with Gasteiger partial charge in [0.05, 0.1) is 11.1 Å². The molecule has 0 bridgehead atoms. The lowest BCUT2D eigenvalue weighted by molar-refractivity contribution is -0.126. The predicted octanol–water partition coefficient (Wildman–Crippen LogP) is 1.39. The molecular weight excluding hydrogens is 476 g/mol. The first-order valence-corrected chi connectivity index (χ1v) is 12.1. The molecule has 3 heterocycles. The number of aryl methyl sites for hydroxylation is 1. The van der Waals surface area contributed by atoms with Crippen LogP contribution < -0.4 is 21.9 Å². The summed E-state index contributed by atoms with van der Waals surface area (Å²) in [6.45, 7) is 4.73. The van der Waals surface area contributed by atoms with E-state index in [1.807, 2.05) is 25.1 Å². The van der Waals surface area contributed by atoms with E-state index in [1.54, 1.807) is 11.8 Å². The monoisotopic (exact) mass is 506 g/mol. The molecule has 0 radical (unpaired) electrons. The maximum atomic E-state index is 13.2. The summed E-state index contributed by atoms with van der Waals surface area (Å²) in [4.78, 5) is 62.7. The van der Waals surface area contributed by atoms with Crippen molar-refractivity contribution in [1.82, 2.24) is 30.6 Å². The van der Waals surface area contributed by atoms with Crippen LogP contribution >= 0.6 is 0 Å². The zero-order valence-corrected chi connectivity index (χ0v) is 20.8. The molecule has 3 aromatic rings. The van der Waals surface area contributed by atoms with Crippen LogP contribution in [0.5, 0.6) is 0 Å². The normalized spacial score (nSPS) is 13.9. The number of hydrazine groups is 1. The van der Waals surface area contributed by atoms with Crippen molar-refractivity contribution in [3.8, 4) is 0 Å². The number of H-pyrrole nitrogens is 1. The van der Waals surface area contributed by atoms with Gasteiger partial charge in [0, 0.05) is 43.9 Å². The van der Waals surface area contributed by atoms with Gasteiger partial charge in [-0.15, -0.1) is 0 Å². The molecule has 0 unspecified atom stereocenters. The van der Waals surface area contributed by atoms with Crippen LogP contribution in [0, 0.1) is 12.8 Å². The molecule has 4 rings (SSSR count). The highest BCUT2D eigenvalue weighted by atomic mass is 16.2. The van der Waals surface area contributed by atoms with Gasteiger partial charge in [-0.1, -0.05) is 19.1 Å². The molecule has 0 atom stereocenters. The molecule has 1 fully saturated rings. The Morgan fingerprint density at radius 1 is 1.16 bits per heavy atom. The average Bonchev–Trinajstić information content (AvgIpc) is 3.36. The van der Waals surface area contributed by atoms with E-state index in [-0.39, 0.29) is 35.9 Å². The van der Waals surface area contributed by atoms with E-state index in [0.717, 1.165) is 11.1 Å². The van der Waals surface area contributed by atoms with Gasteiger partial charge < -0.3 is 20.5 Å². The lowest BCUT2D eigenvalue weighted by atomic mass is 9.96. The van der Waals surface area contributed by atoms with Gasteiger partial charge in [-0.2, -0.15) is 0 Å². The summed E-state index contributed by atoms with van der Waals surface area (Å²) in [5.74, 6) is 4.02. The lowest BCUT2D eigenvalue weighted by Crippen LogP contribution is -2.44. The van der Waals surface area contributed by atoms with Gasteiger partial charge in [-0.05, 0) is 37.0 Å². The molecule has 0 spiro atoms. The van der Waals surface area contributed by atoms with E-state index in [0.29, 0.717) is 54.6 Å². The molecule has 0 aliphatic carbocycles. The number of aromatic nitrogens is 3. The van der Waals surface area contributed by atoms with Gasteiger partial charge in [-0.3, -0.25) is 24.6 Å². The maximum absolute atomic E-state index is 13.2. The number of carbonyl (C=O) groups is 4. The Hall–Kier alpha value is -4.32. The number of amides is 4. The summed E-state index contributed by atoms with van der Waals surface area (Å²) < 4.78 is 0. The Balaban J connectivity index is 1.46. The maximum Gasteiger partial charge on any atom is 0.272 e. The molecule has 194 valence electrons. The molecule has 12 heteroatoms.